The van der Waals surface area contributed by atoms with E-state index in [-0.39, 0.29) is 18.2 Å². The van der Waals surface area contributed by atoms with Crippen LogP contribution in [0.25, 0.3) is 0 Å². The van der Waals surface area contributed by atoms with Gasteiger partial charge in [0.25, 0.3) is 0 Å². The zero-order valence-corrected chi connectivity index (χ0v) is 13.1. The molecule has 0 aromatic heterocycles. The van der Waals surface area contributed by atoms with Crippen LogP contribution in [0.3, 0.4) is 0 Å². The summed E-state index contributed by atoms with van der Waals surface area (Å²) in [6.07, 6.45) is 0. The quantitative estimate of drug-likeness (QED) is 0.926. The molecule has 116 valence electrons. The maximum Gasteiger partial charge on any atom is 0.231 e. The largest absolute Gasteiger partial charge is 0.454 e. The molecule has 2 aromatic rings. The molecule has 0 bridgehead atoms. The first kappa shape index (κ1) is 15.1. The van der Waals surface area contributed by atoms with Gasteiger partial charge in [0.1, 0.15) is 5.25 Å². The number of benzene rings is 2. The first-order valence-electron chi connectivity index (χ1n) is 6.61. The molecule has 2 N–H and O–H groups in total. The van der Waals surface area contributed by atoms with Crippen LogP contribution in [0.4, 0.5) is 0 Å². The van der Waals surface area contributed by atoms with Crippen LogP contribution < -0.4 is 15.2 Å². The third kappa shape index (κ3) is 2.65. The highest BCUT2D eigenvalue weighted by Crippen LogP contribution is 2.37. The number of halogens is 1. The van der Waals surface area contributed by atoms with Crippen molar-refractivity contribution in [1.82, 2.24) is 0 Å². The average Bonchev–Trinajstić information content (AvgIpc) is 2.96. The predicted molar refractivity (Wildman–Crippen MR) is 83.0 cm³/mol. The minimum atomic E-state index is -3.62. The van der Waals surface area contributed by atoms with Crippen LogP contribution in [0, 0.1) is 0 Å². The predicted octanol–water partition coefficient (Wildman–Crippen LogP) is 2.54. The minimum Gasteiger partial charge on any atom is -0.454 e. The number of nitrogens with two attached hydrogens (primary N) is 1. The van der Waals surface area contributed by atoms with Gasteiger partial charge in [0.05, 0.1) is 4.90 Å². The van der Waals surface area contributed by atoms with E-state index >= 15 is 0 Å². The summed E-state index contributed by atoms with van der Waals surface area (Å²) >= 11 is 5.81. The van der Waals surface area contributed by atoms with Gasteiger partial charge in [-0.2, -0.15) is 0 Å². The van der Waals surface area contributed by atoms with E-state index in [9.17, 15) is 8.42 Å². The Kier molecular flexibility index (Phi) is 3.99. The summed E-state index contributed by atoms with van der Waals surface area (Å²) in [4.78, 5) is 0.185. The average molecular weight is 340 g/mol. The highest BCUT2D eigenvalue weighted by Gasteiger charge is 2.29. The van der Waals surface area contributed by atoms with Crippen LogP contribution in [0.1, 0.15) is 10.8 Å². The maximum absolute atomic E-state index is 12.8. The van der Waals surface area contributed by atoms with Crippen molar-refractivity contribution in [2.75, 3.05) is 13.3 Å². The number of hydrogen-bond donors (Lipinski definition) is 1. The fourth-order valence-electron chi connectivity index (χ4n) is 2.34. The molecule has 0 aliphatic carbocycles. The van der Waals surface area contributed by atoms with E-state index in [1.54, 1.807) is 30.3 Å². The van der Waals surface area contributed by atoms with Gasteiger partial charge in [-0.3, -0.25) is 0 Å². The fourth-order valence-corrected chi connectivity index (χ4v) is 4.07. The number of hydrogen-bond acceptors (Lipinski definition) is 5. The SMILES string of the molecule is NC[C@H](c1ccc2c(c1)OCO2)S(=O)(=O)c1ccc(Cl)cc1. The Labute approximate surface area is 133 Å². The highest BCUT2D eigenvalue weighted by molar-refractivity contribution is 7.91. The van der Waals surface area contributed by atoms with Crippen molar-refractivity contribution in [3.8, 4) is 11.5 Å². The molecule has 0 radical (unpaired) electrons. The van der Waals surface area contributed by atoms with Gasteiger partial charge in [0.15, 0.2) is 21.3 Å². The molecule has 1 atom stereocenters. The van der Waals surface area contributed by atoms with Crippen molar-refractivity contribution < 1.29 is 17.9 Å². The Bertz CT molecular complexity index is 790. The molecule has 22 heavy (non-hydrogen) atoms. The molecule has 5 nitrogen and oxygen atoms in total. The lowest BCUT2D eigenvalue weighted by Gasteiger charge is -2.17. The minimum absolute atomic E-state index is 0.0371. The van der Waals surface area contributed by atoms with E-state index in [4.69, 9.17) is 26.8 Å². The molecule has 0 saturated carbocycles. The molecular weight excluding hydrogens is 326 g/mol. The van der Waals surface area contributed by atoms with Gasteiger partial charge < -0.3 is 15.2 Å². The Morgan fingerprint density at radius 1 is 1.09 bits per heavy atom. The Morgan fingerprint density at radius 2 is 1.77 bits per heavy atom. The summed E-state index contributed by atoms with van der Waals surface area (Å²) in [5, 5.41) is -0.380. The summed E-state index contributed by atoms with van der Waals surface area (Å²) in [7, 11) is -3.62. The van der Waals surface area contributed by atoms with E-state index in [0.29, 0.717) is 22.1 Å². The highest BCUT2D eigenvalue weighted by atomic mass is 35.5. The topological polar surface area (TPSA) is 78.6 Å². The van der Waals surface area contributed by atoms with Crippen LogP contribution in [-0.2, 0) is 9.84 Å². The normalized spacial score (nSPS) is 14.8. The van der Waals surface area contributed by atoms with Gasteiger partial charge in [-0.1, -0.05) is 17.7 Å². The number of rotatable bonds is 4. The van der Waals surface area contributed by atoms with Crippen LogP contribution in [0.15, 0.2) is 47.4 Å². The summed E-state index contributed by atoms with van der Waals surface area (Å²) in [6, 6.07) is 11.1. The second kappa shape index (κ2) is 5.79. The van der Waals surface area contributed by atoms with Crippen molar-refractivity contribution in [1.29, 1.82) is 0 Å². The van der Waals surface area contributed by atoms with E-state index in [1.807, 2.05) is 0 Å². The molecule has 0 spiro atoms. The smallest absolute Gasteiger partial charge is 0.231 e. The van der Waals surface area contributed by atoms with Crippen LogP contribution in [0.5, 0.6) is 11.5 Å². The molecule has 3 rings (SSSR count). The summed E-state index contributed by atoms with van der Waals surface area (Å²) in [5.74, 6) is 1.13. The summed E-state index contributed by atoms with van der Waals surface area (Å²) < 4.78 is 36.1. The third-order valence-corrected chi connectivity index (χ3v) is 5.89. The first-order valence-corrected chi connectivity index (χ1v) is 8.54. The molecular formula is C15H14ClNO4S. The molecule has 0 unspecified atom stereocenters. The monoisotopic (exact) mass is 339 g/mol. The molecule has 0 fully saturated rings. The van der Waals surface area contributed by atoms with Gasteiger partial charge in [-0.25, -0.2) is 8.42 Å². The lowest BCUT2D eigenvalue weighted by molar-refractivity contribution is 0.174. The summed E-state index contributed by atoms with van der Waals surface area (Å²) in [5.41, 5.74) is 6.30. The summed E-state index contributed by atoms with van der Waals surface area (Å²) in [6.45, 7) is 0.0978. The number of fused-ring (bicyclic) bond motifs is 1. The van der Waals surface area contributed by atoms with E-state index < -0.39 is 15.1 Å². The number of ether oxygens (including phenoxy) is 2. The zero-order valence-electron chi connectivity index (χ0n) is 11.5. The van der Waals surface area contributed by atoms with Crippen molar-refractivity contribution in [3.63, 3.8) is 0 Å². The fraction of sp³-hybridized carbons (Fsp3) is 0.200. The van der Waals surface area contributed by atoms with Gasteiger partial charge in [0, 0.05) is 11.6 Å². The third-order valence-electron chi connectivity index (χ3n) is 3.50. The molecule has 0 saturated heterocycles. The number of sulfone groups is 1. The molecule has 7 heteroatoms. The first-order chi connectivity index (χ1) is 10.5. The van der Waals surface area contributed by atoms with Gasteiger partial charge in [0.2, 0.25) is 6.79 Å². The van der Waals surface area contributed by atoms with Crippen molar-refractivity contribution in [2.24, 2.45) is 5.73 Å². The van der Waals surface area contributed by atoms with Gasteiger partial charge in [-0.15, -0.1) is 0 Å². The Balaban J connectivity index is 2.01. The lowest BCUT2D eigenvalue weighted by atomic mass is 10.1. The Morgan fingerprint density at radius 3 is 2.45 bits per heavy atom. The maximum atomic E-state index is 12.8. The molecule has 2 aromatic carbocycles. The standard InChI is InChI=1S/C15H14ClNO4S/c16-11-2-4-12(5-3-11)22(18,19)15(8-17)10-1-6-13-14(7-10)21-9-20-13/h1-7,15H,8-9,17H2/t15-/m1/s1. The van der Waals surface area contributed by atoms with Crippen LogP contribution in [0.2, 0.25) is 5.02 Å². The second-order valence-electron chi connectivity index (χ2n) is 4.84. The molecule has 1 aliphatic heterocycles. The Hall–Kier alpha value is -1.76. The van der Waals surface area contributed by atoms with Crippen LogP contribution >= 0.6 is 11.6 Å². The second-order valence-corrected chi connectivity index (χ2v) is 7.40. The molecule has 1 heterocycles. The van der Waals surface area contributed by atoms with Crippen LogP contribution in [-0.4, -0.2) is 21.8 Å². The van der Waals surface area contributed by atoms with E-state index in [1.165, 1.54) is 12.1 Å². The lowest BCUT2D eigenvalue weighted by Crippen LogP contribution is -2.22. The van der Waals surface area contributed by atoms with Crippen molar-refractivity contribution in [3.05, 3.63) is 53.1 Å². The zero-order chi connectivity index (χ0) is 15.7. The molecule has 0 amide bonds. The molecule has 1 aliphatic rings. The van der Waals surface area contributed by atoms with Crippen molar-refractivity contribution in [2.45, 2.75) is 10.1 Å². The van der Waals surface area contributed by atoms with E-state index in [2.05, 4.69) is 0 Å². The van der Waals surface area contributed by atoms with Crippen molar-refractivity contribution >= 4 is 21.4 Å². The van der Waals surface area contributed by atoms with Gasteiger partial charge >= 0.3 is 0 Å². The van der Waals surface area contributed by atoms with Gasteiger partial charge in [-0.05, 0) is 42.0 Å². The van der Waals surface area contributed by atoms with E-state index in [0.717, 1.165) is 0 Å².